The maximum Gasteiger partial charge on any atom is 0.304 e. The van der Waals surface area contributed by atoms with Crippen LogP contribution in [0, 0.1) is 6.92 Å². The van der Waals surface area contributed by atoms with Crippen molar-refractivity contribution in [2.24, 2.45) is 10.2 Å². The van der Waals surface area contributed by atoms with Crippen LogP contribution in [-0.2, 0) is 5.88 Å². The Morgan fingerprint density at radius 1 is 0.871 bits per heavy atom. The van der Waals surface area contributed by atoms with E-state index < -0.39 is 0 Å². The third-order valence-electron chi connectivity index (χ3n) is 4.79. The molecule has 0 aliphatic carbocycles. The molecule has 3 rings (SSSR count). The molecule has 164 valence electrons. The fourth-order valence-corrected chi connectivity index (χ4v) is 3.11. The summed E-state index contributed by atoms with van der Waals surface area (Å²) in [6.07, 6.45) is 5.56. The van der Waals surface area contributed by atoms with Crippen molar-refractivity contribution in [2.45, 2.75) is 12.8 Å². The molecule has 31 heavy (non-hydrogen) atoms. The zero-order chi connectivity index (χ0) is 21.7. The van der Waals surface area contributed by atoms with Crippen LogP contribution in [0.25, 0.3) is 0 Å². The van der Waals surface area contributed by atoms with Gasteiger partial charge in [0, 0.05) is 46.5 Å². The zero-order valence-corrected chi connectivity index (χ0v) is 20.0. The highest BCUT2D eigenvalue weighted by Crippen LogP contribution is 2.13. The quantitative estimate of drug-likeness (QED) is 0.297. The lowest BCUT2D eigenvalue weighted by molar-refractivity contribution is -0.684. The predicted octanol–water partition coefficient (Wildman–Crippen LogP) is 0.723. The molecular weight excluding hydrogens is 431 g/mol. The Hall–Kier alpha value is -2.83. The lowest BCUT2D eigenvalue weighted by Crippen LogP contribution is -3.00. The molecule has 0 aliphatic rings. The third-order valence-corrected chi connectivity index (χ3v) is 5.06. The summed E-state index contributed by atoms with van der Waals surface area (Å²) >= 11 is 6.15. The van der Waals surface area contributed by atoms with Crippen molar-refractivity contribution in [3.05, 3.63) is 77.4 Å². The summed E-state index contributed by atoms with van der Waals surface area (Å²) in [4.78, 5) is 4.14. The predicted molar refractivity (Wildman–Crippen MR) is 126 cm³/mol. The summed E-state index contributed by atoms with van der Waals surface area (Å²) in [6.45, 7) is 1.97. The van der Waals surface area contributed by atoms with Gasteiger partial charge in [-0.1, -0.05) is 39.1 Å². The van der Waals surface area contributed by atoms with Gasteiger partial charge in [0.25, 0.3) is 0 Å². The smallest absolute Gasteiger partial charge is 0.304 e. The van der Waals surface area contributed by atoms with Gasteiger partial charge in [-0.05, 0) is 35.4 Å². The van der Waals surface area contributed by atoms with Crippen LogP contribution in [0.1, 0.15) is 22.6 Å². The Balaban J connectivity index is 0.00000341. The number of imidazole rings is 1. The van der Waals surface area contributed by atoms with Crippen LogP contribution >= 0.6 is 11.6 Å². The average molecular weight is 459 g/mol. The van der Waals surface area contributed by atoms with E-state index in [-0.39, 0.29) is 12.4 Å². The van der Waals surface area contributed by atoms with E-state index in [1.807, 2.05) is 82.7 Å². The lowest BCUT2D eigenvalue weighted by Gasteiger charge is -2.11. The van der Waals surface area contributed by atoms with E-state index in [9.17, 15) is 0 Å². The Kier molecular flexibility index (Phi) is 8.65. The van der Waals surface area contributed by atoms with Crippen molar-refractivity contribution in [1.82, 2.24) is 4.68 Å². The minimum absolute atomic E-state index is 0. The Bertz CT molecular complexity index is 1040. The molecule has 0 radical (unpaired) electrons. The molecule has 8 heteroatoms. The minimum Gasteiger partial charge on any atom is -1.00 e. The van der Waals surface area contributed by atoms with Crippen LogP contribution in [0.3, 0.4) is 0 Å². The lowest BCUT2D eigenvalue weighted by atomic mass is 10.2. The second-order valence-corrected chi connectivity index (χ2v) is 7.69. The van der Waals surface area contributed by atoms with Crippen molar-refractivity contribution in [3.8, 4) is 0 Å². The van der Waals surface area contributed by atoms with E-state index in [4.69, 9.17) is 11.6 Å². The number of aromatic nitrogens is 2. The highest BCUT2D eigenvalue weighted by molar-refractivity contribution is 6.16. The number of benzene rings is 2. The highest BCUT2D eigenvalue weighted by atomic mass is 35.5. The molecule has 1 heterocycles. The van der Waals surface area contributed by atoms with Gasteiger partial charge in [0.2, 0.25) is 0 Å². The number of hydrogen-bond acceptors (Lipinski definition) is 4. The molecule has 0 fully saturated rings. The molecular formula is C23H28Cl2N6. The number of rotatable bonds is 7. The first-order valence-electron chi connectivity index (χ1n) is 9.71. The van der Waals surface area contributed by atoms with E-state index in [1.54, 1.807) is 4.68 Å². The molecule has 0 N–H and O–H groups in total. The van der Waals surface area contributed by atoms with E-state index in [0.717, 1.165) is 34.0 Å². The molecule has 6 nitrogen and oxygen atoms in total. The fourth-order valence-electron chi connectivity index (χ4n) is 2.93. The molecule has 0 atom stereocenters. The van der Waals surface area contributed by atoms with Crippen LogP contribution in [0.2, 0.25) is 0 Å². The maximum atomic E-state index is 6.15. The number of nitrogens with zero attached hydrogens (tertiary/aromatic N) is 6. The molecule has 0 saturated carbocycles. The third kappa shape index (κ3) is 6.09. The maximum absolute atomic E-state index is 6.15. The number of anilines is 2. The van der Waals surface area contributed by atoms with Crippen molar-refractivity contribution < 1.29 is 17.1 Å². The first kappa shape index (κ1) is 24.4. The van der Waals surface area contributed by atoms with Gasteiger partial charge in [-0.25, -0.2) is 0 Å². The van der Waals surface area contributed by atoms with Crippen LogP contribution < -0.4 is 26.9 Å². The normalized spacial score (nSPS) is 11.2. The van der Waals surface area contributed by atoms with Crippen LogP contribution in [-0.4, -0.2) is 45.3 Å². The summed E-state index contributed by atoms with van der Waals surface area (Å²) in [5.74, 6) is 1.21. The Morgan fingerprint density at radius 3 is 1.81 bits per heavy atom. The van der Waals surface area contributed by atoms with E-state index in [0.29, 0.717) is 5.88 Å². The van der Waals surface area contributed by atoms with Gasteiger partial charge in [0.1, 0.15) is 0 Å². The SMILES string of the molecule is Cc1n(/N=C/c2ccc(N(C)C)cc2)c(CCl)c[n+]1/N=C/c1ccc(N(C)C)cc1.[Cl-]. The number of alkyl halides is 1. The Labute approximate surface area is 195 Å². The molecule has 0 unspecified atom stereocenters. The molecule has 0 amide bonds. The first-order chi connectivity index (χ1) is 14.4. The molecule has 1 aromatic heterocycles. The van der Waals surface area contributed by atoms with Gasteiger partial charge in [-0.3, -0.25) is 0 Å². The summed E-state index contributed by atoms with van der Waals surface area (Å²) < 4.78 is 3.61. The summed E-state index contributed by atoms with van der Waals surface area (Å²) in [7, 11) is 8.09. The van der Waals surface area contributed by atoms with Gasteiger partial charge >= 0.3 is 5.82 Å². The highest BCUT2D eigenvalue weighted by Gasteiger charge is 2.19. The Morgan fingerprint density at radius 2 is 1.35 bits per heavy atom. The van der Waals surface area contributed by atoms with E-state index in [1.165, 1.54) is 0 Å². The fraction of sp³-hybridized carbons (Fsp3) is 0.261. The molecule has 3 aromatic rings. The zero-order valence-electron chi connectivity index (χ0n) is 18.5. The summed E-state index contributed by atoms with van der Waals surface area (Å²) in [5.41, 5.74) is 5.22. The molecule has 2 aromatic carbocycles. The number of halogens is 2. The molecule has 0 bridgehead atoms. The van der Waals surface area contributed by atoms with Crippen LogP contribution in [0.5, 0.6) is 0 Å². The second-order valence-electron chi connectivity index (χ2n) is 7.42. The summed E-state index contributed by atoms with van der Waals surface area (Å²) in [5, 5.41) is 9.21. The van der Waals surface area contributed by atoms with Crippen molar-refractivity contribution in [2.75, 3.05) is 38.0 Å². The van der Waals surface area contributed by atoms with Crippen LogP contribution in [0.15, 0.2) is 64.9 Å². The summed E-state index contributed by atoms with van der Waals surface area (Å²) in [6, 6.07) is 16.5. The van der Waals surface area contributed by atoms with Crippen LogP contribution in [0.4, 0.5) is 11.4 Å². The van der Waals surface area contributed by atoms with Gasteiger partial charge in [0.05, 0.1) is 18.3 Å². The molecule has 0 aliphatic heterocycles. The van der Waals surface area contributed by atoms with Crippen molar-refractivity contribution in [3.63, 3.8) is 0 Å². The molecule has 0 saturated heterocycles. The van der Waals surface area contributed by atoms with Crippen molar-refractivity contribution >= 4 is 35.4 Å². The van der Waals surface area contributed by atoms with Crippen molar-refractivity contribution in [1.29, 1.82) is 0 Å². The van der Waals surface area contributed by atoms with Gasteiger partial charge in [0.15, 0.2) is 11.9 Å². The van der Waals surface area contributed by atoms with Gasteiger partial charge in [-0.2, -0.15) is 0 Å². The molecule has 0 spiro atoms. The van der Waals surface area contributed by atoms with Gasteiger partial charge < -0.3 is 22.2 Å². The van der Waals surface area contributed by atoms with Gasteiger partial charge in [-0.15, -0.1) is 16.3 Å². The van der Waals surface area contributed by atoms with E-state index in [2.05, 4.69) is 44.3 Å². The van der Waals surface area contributed by atoms with E-state index >= 15 is 0 Å². The monoisotopic (exact) mass is 458 g/mol. The minimum atomic E-state index is 0. The second kappa shape index (κ2) is 11.0. The first-order valence-corrected chi connectivity index (χ1v) is 10.2. The standard InChI is InChI=1S/C23H28ClN6.ClH/c1-18-29(25-15-19-6-10-21(11-7-19)27(2)3)17-23(14-24)30(18)26-16-20-8-12-22(13-9-20)28(4)5;/h6-13,15-17H,14H2,1-5H3;1H/q+1;/p-1/b25-15+,26-16+;. The average Bonchev–Trinajstić information content (AvgIpc) is 3.06. The largest absolute Gasteiger partial charge is 1.00 e. The topological polar surface area (TPSA) is 40.0 Å². The number of hydrogen-bond donors (Lipinski definition) is 0.